The van der Waals surface area contributed by atoms with Crippen LogP contribution >= 0.6 is 22.6 Å². The number of nitrogens with one attached hydrogen (secondary N) is 1. The minimum Gasteiger partial charge on any atom is -0.392 e. The molecule has 1 aromatic rings. The van der Waals surface area contributed by atoms with Crippen LogP contribution in [0.15, 0.2) is 24.3 Å². The largest absolute Gasteiger partial charge is 0.392 e. The van der Waals surface area contributed by atoms with Crippen LogP contribution in [-0.4, -0.2) is 24.9 Å². The second kappa shape index (κ2) is 5.75. The summed E-state index contributed by atoms with van der Waals surface area (Å²) >= 11 is 2.16. The lowest BCUT2D eigenvalue weighted by atomic mass is 9.97. The maximum Gasteiger partial charge on any atom is 0.238 e. The molecule has 0 saturated heterocycles. The van der Waals surface area contributed by atoms with Gasteiger partial charge in [0.05, 0.1) is 6.10 Å². The Morgan fingerprint density at radius 2 is 1.78 bits per heavy atom. The zero-order chi connectivity index (χ0) is 13.2. The van der Waals surface area contributed by atoms with E-state index in [-0.39, 0.29) is 0 Å². The number of anilines is 1. The molecule has 4 nitrogen and oxygen atoms in total. The van der Waals surface area contributed by atoms with E-state index in [4.69, 9.17) is 0 Å². The molecule has 1 aliphatic carbocycles. The molecule has 2 unspecified atom stereocenters. The molecular weight excluding hydrogens is 365 g/mol. The minimum atomic E-state index is -3.50. The highest BCUT2D eigenvalue weighted by Gasteiger charge is 2.34. The molecule has 1 fully saturated rings. The van der Waals surface area contributed by atoms with Gasteiger partial charge in [0.15, 0.2) is 0 Å². The molecule has 100 valence electrons. The lowest BCUT2D eigenvalue weighted by molar-refractivity contribution is 0.133. The first-order valence-corrected chi connectivity index (χ1v) is 8.57. The second-order valence-electron chi connectivity index (χ2n) is 4.54. The molecule has 1 saturated carbocycles. The third kappa shape index (κ3) is 3.36. The normalized spacial score (nSPS) is 24.8. The van der Waals surface area contributed by atoms with E-state index < -0.39 is 21.4 Å². The monoisotopic (exact) mass is 381 g/mol. The highest BCUT2D eigenvalue weighted by Crippen LogP contribution is 2.26. The summed E-state index contributed by atoms with van der Waals surface area (Å²) in [5.74, 6) is 0. The van der Waals surface area contributed by atoms with Gasteiger partial charge in [-0.25, -0.2) is 8.42 Å². The topological polar surface area (TPSA) is 66.4 Å². The summed E-state index contributed by atoms with van der Waals surface area (Å²) in [5, 5.41) is 9.12. The summed E-state index contributed by atoms with van der Waals surface area (Å²) in [4.78, 5) is 0. The lowest BCUT2D eigenvalue weighted by Crippen LogP contribution is -2.40. The van der Waals surface area contributed by atoms with Crippen molar-refractivity contribution < 1.29 is 13.5 Å². The summed E-state index contributed by atoms with van der Waals surface area (Å²) in [6, 6.07) is 7.15. The van der Waals surface area contributed by atoms with Crippen LogP contribution in [0.3, 0.4) is 0 Å². The van der Waals surface area contributed by atoms with Gasteiger partial charge < -0.3 is 5.11 Å². The van der Waals surface area contributed by atoms with Gasteiger partial charge in [-0.1, -0.05) is 12.8 Å². The lowest BCUT2D eigenvalue weighted by Gasteiger charge is -2.27. The van der Waals surface area contributed by atoms with Crippen molar-refractivity contribution in [3.8, 4) is 0 Å². The number of halogens is 1. The van der Waals surface area contributed by atoms with Crippen LogP contribution < -0.4 is 4.72 Å². The standard InChI is InChI=1S/C12H16INO3S/c13-9-5-7-10(8-6-9)14-18(16,17)12-4-2-1-3-11(12)15/h5-8,11-12,14-15H,1-4H2. The van der Waals surface area contributed by atoms with Gasteiger partial charge in [-0.05, 0) is 59.7 Å². The molecule has 6 heteroatoms. The van der Waals surface area contributed by atoms with Gasteiger partial charge >= 0.3 is 0 Å². The van der Waals surface area contributed by atoms with E-state index in [9.17, 15) is 13.5 Å². The highest BCUT2D eigenvalue weighted by atomic mass is 127. The Balaban J connectivity index is 2.13. The van der Waals surface area contributed by atoms with E-state index >= 15 is 0 Å². The Labute approximate surface area is 121 Å². The summed E-state index contributed by atoms with van der Waals surface area (Å²) in [7, 11) is -3.50. The van der Waals surface area contributed by atoms with E-state index in [2.05, 4.69) is 27.3 Å². The zero-order valence-corrected chi connectivity index (χ0v) is 12.8. The fourth-order valence-corrected chi connectivity index (χ4v) is 4.20. The second-order valence-corrected chi connectivity index (χ2v) is 7.69. The van der Waals surface area contributed by atoms with Crippen LogP contribution in [0.4, 0.5) is 5.69 Å². The van der Waals surface area contributed by atoms with E-state index in [0.29, 0.717) is 18.5 Å². The van der Waals surface area contributed by atoms with Crippen LogP contribution in [0, 0.1) is 3.57 Å². The van der Waals surface area contributed by atoms with Crippen molar-refractivity contribution in [3.05, 3.63) is 27.8 Å². The average molecular weight is 381 g/mol. The Morgan fingerprint density at radius 3 is 2.39 bits per heavy atom. The van der Waals surface area contributed by atoms with Gasteiger partial charge in [0.2, 0.25) is 10.0 Å². The van der Waals surface area contributed by atoms with Crippen LogP contribution in [0.5, 0.6) is 0 Å². The van der Waals surface area contributed by atoms with E-state index in [1.165, 1.54) is 0 Å². The maximum absolute atomic E-state index is 12.2. The van der Waals surface area contributed by atoms with Gasteiger partial charge in [-0.2, -0.15) is 0 Å². The van der Waals surface area contributed by atoms with Crippen LogP contribution in [0.2, 0.25) is 0 Å². The predicted molar refractivity (Wildman–Crippen MR) is 80.0 cm³/mol. The molecule has 1 aliphatic rings. The third-order valence-electron chi connectivity index (χ3n) is 3.17. The molecule has 1 aromatic carbocycles. The number of sulfonamides is 1. The minimum absolute atomic E-state index is 0.529. The molecule has 0 amide bonds. The van der Waals surface area contributed by atoms with E-state index in [0.717, 1.165) is 16.4 Å². The summed E-state index contributed by atoms with van der Waals surface area (Å²) in [5.41, 5.74) is 0.549. The van der Waals surface area contributed by atoms with Gasteiger partial charge in [0.25, 0.3) is 0 Å². The first-order valence-electron chi connectivity index (χ1n) is 5.94. The van der Waals surface area contributed by atoms with Crippen molar-refractivity contribution in [1.29, 1.82) is 0 Å². The Hall–Kier alpha value is -0.340. The highest BCUT2D eigenvalue weighted by molar-refractivity contribution is 14.1. The van der Waals surface area contributed by atoms with Gasteiger partial charge in [0, 0.05) is 9.26 Å². The predicted octanol–water partition coefficient (Wildman–Crippen LogP) is 2.34. The van der Waals surface area contributed by atoms with Crippen molar-refractivity contribution in [3.63, 3.8) is 0 Å². The van der Waals surface area contributed by atoms with Crippen molar-refractivity contribution in [2.45, 2.75) is 37.0 Å². The van der Waals surface area contributed by atoms with Gasteiger partial charge in [-0.3, -0.25) is 4.72 Å². The molecule has 0 spiro atoms. The molecule has 2 rings (SSSR count). The molecule has 2 N–H and O–H groups in total. The number of rotatable bonds is 3. The number of benzene rings is 1. The molecule has 0 radical (unpaired) electrons. The fourth-order valence-electron chi connectivity index (χ4n) is 2.20. The average Bonchev–Trinajstić information content (AvgIpc) is 2.32. The van der Waals surface area contributed by atoms with Crippen LogP contribution in [-0.2, 0) is 10.0 Å². The Bertz CT molecular complexity index is 501. The number of aliphatic hydroxyl groups is 1. The first kappa shape index (κ1) is 14.1. The molecule has 0 aliphatic heterocycles. The van der Waals surface area contributed by atoms with Crippen molar-refractivity contribution >= 4 is 38.3 Å². The summed E-state index contributed by atoms with van der Waals surface area (Å²) < 4.78 is 28.0. The van der Waals surface area contributed by atoms with E-state index in [1.807, 2.05) is 12.1 Å². The number of hydrogen-bond donors (Lipinski definition) is 2. The third-order valence-corrected chi connectivity index (χ3v) is 5.76. The molecule has 18 heavy (non-hydrogen) atoms. The Morgan fingerprint density at radius 1 is 1.17 bits per heavy atom. The van der Waals surface area contributed by atoms with Crippen molar-refractivity contribution in [2.24, 2.45) is 0 Å². The molecule has 0 bridgehead atoms. The van der Waals surface area contributed by atoms with Gasteiger partial charge in [0.1, 0.15) is 5.25 Å². The Kier molecular flexibility index (Phi) is 4.50. The smallest absolute Gasteiger partial charge is 0.238 e. The SMILES string of the molecule is O=S(=O)(Nc1ccc(I)cc1)C1CCCCC1O. The fraction of sp³-hybridized carbons (Fsp3) is 0.500. The zero-order valence-electron chi connectivity index (χ0n) is 9.84. The summed E-state index contributed by atoms with van der Waals surface area (Å²) in [6.07, 6.45) is 2.10. The molecule has 2 atom stereocenters. The molecule has 0 aromatic heterocycles. The molecule has 0 heterocycles. The molecular formula is C12H16INO3S. The summed E-state index contributed by atoms with van der Waals surface area (Å²) in [6.45, 7) is 0. The quantitative estimate of drug-likeness (QED) is 0.790. The number of hydrogen-bond acceptors (Lipinski definition) is 3. The van der Waals surface area contributed by atoms with Crippen LogP contribution in [0.25, 0.3) is 0 Å². The first-order chi connectivity index (χ1) is 8.49. The van der Waals surface area contributed by atoms with E-state index in [1.54, 1.807) is 12.1 Å². The number of aliphatic hydroxyl groups excluding tert-OH is 1. The van der Waals surface area contributed by atoms with Gasteiger partial charge in [-0.15, -0.1) is 0 Å². The van der Waals surface area contributed by atoms with Crippen molar-refractivity contribution in [2.75, 3.05) is 4.72 Å². The van der Waals surface area contributed by atoms with Crippen LogP contribution in [0.1, 0.15) is 25.7 Å². The van der Waals surface area contributed by atoms with Crippen molar-refractivity contribution in [1.82, 2.24) is 0 Å². The maximum atomic E-state index is 12.2.